The number of carbonyl (C=O) groups is 1. The van der Waals surface area contributed by atoms with Gasteiger partial charge in [0.2, 0.25) is 5.91 Å². The van der Waals surface area contributed by atoms with Gasteiger partial charge in [-0.25, -0.2) is 8.78 Å². The van der Waals surface area contributed by atoms with Gasteiger partial charge in [-0.2, -0.15) is 0 Å². The molecule has 1 saturated heterocycles. The highest BCUT2D eigenvalue weighted by Crippen LogP contribution is 2.16. The molecule has 1 aliphatic heterocycles. The minimum absolute atomic E-state index is 0.0422. The van der Waals surface area contributed by atoms with E-state index in [1.54, 1.807) is 18.2 Å². The van der Waals surface area contributed by atoms with Gasteiger partial charge in [-0.3, -0.25) is 14.6 Å². The first-order valence-corrected chi connectivity index (χ1v) is 9.69. The highest BCUT2D eigenvalue weighted by Gasteiger charge is 2.26. The molecule has 3 rings (SSSR count). The van der Waals surface area contributed by atoms with Gasteiger partial charge in [0, 0.05) is 38.3 Å². The number of hydrogen-bond acceptors (Lipinski definition) is 3. The predicted octanol–water partition coefficient (Wildman–Crippen LogP) is 3.35. The number of carbonyl (C=O) groups excluding carboxylic acids is 1. The molecular formula is C22H27F2N3O. The topological polar surface area (TPSA) is 35.6 Å². The van der Waals surface area contributed by atoms with Crippen molar-refractivity contribution in [2.45, 2.75) is 32.5 Å². The molecule has 1 heterocycles. The Balaban J connectivity index is 1.48. The van der Waals surface area contributed by atoms with Crippen molar-refractivity contribution in [3.05, 3.63) is 71.3 Å². The van der Waals surface area contributed by atoms with Crippen molar-refractivity contribution in [2.24, 2.45) is 0 Å². The average Bonchev–Trinajstić information content (AvgIpc) is 2.70. The Morgan fingerprint density at radius 1 is 1.00 bits per heavy atom. The van der Waals surface area contributed by atoms with Crippen LogP contribution in [0.1, 0.15) is 31.0 Å². The van der Waals surface area contributed by atoms with Crippen LogP contribution >= 0.6 is 0 Å². The molecule has 2 aromatic rings. The van der Waals surface area contributed by atoms with Crippen molar-refractivity contribution in [1.82, 2.24) is 15.1 Å². The number of piperazine rings is 1. The van der Waals surface area contributed by atoms with Crippen molar-refractivity contribution < 1.29 is 13.6 Å². The van der Waals surface area contributed by atoms with Gasteiger partial charge in [0.05, 0.1) is 12.1 Å². The van der Waals surface area contributed by atoms with E-state index in [4.69, 9.17) is 0 Å². The van der Waals surface area contributed by atoms with Crippen molar-refractivity contribution >= 4 is 5.91 Å². The first kappa shape index (κ1) is 20.4. The maximum Gasteiger partial charge on any atom is 0.237 e. The first-order valence-electron chi connectivity index (χ1n) is 9.69. The van der Waals surface area contributed by atoms with Gasteiger partial charge < -0.3 is 5.32 Å². The van der Waals surface area contributed by atoms with Crippen molar-refractivity contribution in [3.63, 3.8) is 0 Å². The van der Waals surface area contributed by atoms with Crippen LogP contribution in [0.3, 0.4) is 0 Å². The van der Waals surface area contributed by atoms with E-state index < -0.39 is 0 Å². The fourth-order valence-electron chi connectivity index (χ4n) is 3.51. The molecule has 1 fully saturated rings. The lowest BCUT2D eigenvalue weighted by molar-refractivity contribution is -0.127. The van der Waals surface area contributed by atoms with Crippen molar-refractivity contribution in [3.8, 4) is 0 Å². The molecule has 4 nitrogen and oxygen atoms in total. The van der Waals surface area contributed by atoms with E-state index in [2.05, 4.69) is 15.1 Å². The van der Waals surface area contributed by atoms with Crippen LogP contribution in [-0.2, 0) is 11.3 Å². The minimum Gasteiger partial charge on any atom is -0.348 e. The van der Waals surface area contributed by atoms with Crippen LogP contribution in [0, 0.1) is 11.6 Å². The smallest absolute Gasteiger partial charge is 0.237 e. The van der Waals surface area contributed by atoms with Crippen LogP contribution in [0.5, 0.6) is 0 Å². The van der Waals surface area contributed by atoms with Crippen molar-refractivity contribution in [1.29, 1.82) is 0 Å². The Kier molecular flexibility index (Phi) is 6.75. The zero-order chi connectivity index (χ0) is 20.1. The van der Waals surface area contributed by atoms with Crippen LogP contribution in [0.2, 0.25) is 0 Å². The Morgan fingerprint density at radius 2 is 1.64 bits per heavy atom. The Labute approximate surface area is 165 Å². The number of hydrogen-bond donors (Lipinski definition) is 1. The fourth-order valence-corrected chi connectivity index (χ4v) is 3.51. The Hall–Kier alpha value is -2.31. The predicted molar refractivity (Wildman–Crippen MR) is 106 cm³/mol. The largest absolute Gasteiger partial charge is 0.348 e. The van der Waals surface area contributed by atoms with Crippen LogP contribution in [0.25, 0.3) is 0 Å². The summed E-state index contributed by atoms with van der Waals surface area (Å²) in [5.41, 5.74) is 1.58. The molecule has 2 atom stereocenters. The number of nitrogens with one attached hydrogen (secondary N) is 1. The maximum absolute atomic E-state index is 13.8. The Bertz CT molecular complexity index is 789. The van der Waals surface area contributed by atoms with Gasteiger partial charge in [-0.1, -0.05) is 30.3 Å². The third-order valence-corrected chi connectivity index (χ3v) is 5.41. The van der Waals surface area contributed by atoms with E-state index in [9.17, 15) is 13.6 Å². The number of benzene rings is 2. The minimum atomic E-state index is -0.288. The molecule has 0 unspecified atom stereocenters. The summed E-state index contributed by atoms with van der Waals surface area (Å²) in [6, 6.07) is 12.6. The number of amides is 1. The molecule has 28 heavy (non-hydrogen) atoms. The summed E-state index contributed by atoms with van der Waals surface area (Å²) in [6.07, 6.45) is 0. The summed E-state index contributed by atoms with van der Waals surface area (Å²) in [7, 11) is 0. The van der Waals surface area contributed by atoms with Gasteiger partial charge in [-0.05, 0) is 37.6 Å². The summed E-state index contributed by atoms with van der Waals surface area (Å²) >= 11 is 0. The number of halogens is 2. The second kappa shape index (κ2) is 9.26. The number of nitrogens with zero attached hydrogens (tertiary/aromatic N) is 2. The summed E-state index contributed by atoms with van der Waals surface area (Å²) < 4.78 is 26.9. The van der Waals surface area contributed by atoms with Gasteiger partial charge in [-0.15, -0.1) is 0 Å². The van der Waals surface area contributed by atoms with Gasteiger partial charge in [0.15, 0.2) is 0 Å². The van der Waals surface area contributed by atoms with E-state index in [1.807, 2.05) is 26.0 Å². The highest BCUT2D eigenvalue weighted by molar-refractivity contribution is 5.81. The van der Waals surface area contributed by atoms with Crippen LogP contribution in [-0.4, -0.2) is 47.9 Å². The molecule has 1 N–H and O–H groups in total. The summed E-state index contributed by atoms with van der Waals surface area (Å²) in [5, 5.41) is 3.00. The van der Waals surface area contributed by atoms with Gasteiger partial charge in [0.1, 0.15) is 11.6 Å². The first-order chi connectivity index (χ1) is 13.4. The maximum atomic E-state index is 13.8. The van der Waals surface area contributed by atoms with Crippen molar-refractivity contribution in [2.75, 3.05) is 26.2 Å². The van der Waals surface area contributed by atoms with E-state index in [-0.39, 0.29) is 29.6 Å². The normalized spacial score (nSPS) is 17.9. The molecule has 1 aliphatic rings. The molecule has 0 bridgehead atoms. The highest BCUT2D eigenvalue weighted by atomic mass is 19.1. The molecule has 0 radical (unpaired) electrons. The molecule has 0 spiro atoms. The lowest BCUT2D eigenvalue weighted by atomic mass is 10.1. The third-order valence-electron chi connectivity index (χ3n) is 5.41. The van der Waals surface area contributed by atoms with Gasteiger partial charge in [0.25, 0.3) is 0 Å². The van der Waals surface area contributed by atoms with Crippen LogP contribution in [0.15, 0.2) is 48.5 Å². The standard InChI is InChI=1S/C22H27F2N3O/c1-16(18-7-9-20(23)10-8-18)25-22(28)17(2)27-13-11-26(12-14-27)15-19-5-3-4-6-21(19)24/h3-10,16-17H,11-15H2,1-2H3,(H,25,28)/t16-,17+/m1/s1. The molecule has 0 aromatic heterocycles. The van der Waals surface area contributed by atoms with Crippen LogP contribution < -0.4 is 5.32 Å². The second-order valence-electron chi connectivity index (χ2n) is 7.36. The third kappa shape index (κ3) is 5.14. The molecule has 2 aromatic carbocycles. The summed E-state index contributed by atoms with van der Waals surface area (Å²) in [6.45, 7) is 7.48. The molecule has 6 heteroatoms. The Morgan fingerprint density at radius 3 is 2.29 bits per heavy atom. The molecule has 150 valence electrons. The van der Waals surface area contributed by atoms with E-state index >= 15 is 0 Å². The fraction of sp³-hybridized carbons (Fsp3) is 0.409. The zero-order valence-corrected chi connectivity index (χ0v) is 16.4. The van der Waals surface area contributed by atoms with E-state index in [1.165, 1.54) is 18.2 Å². The quantitative estimate of drug-likeness (QED) is 0.826. The lowest BCUT2D eigenvalue weighted by Gasteiger charge is -2.37. The summed E-state index contributed by atoms with van der Waals surface area (Å²) in [4.78, 5) is 17.0. The monoisotopic (exact) mass is 387 g/mol. The lowest BCUT2D eigenvalue weighted by Crippen LogP contribution is -2.53. The van der Waals surface area contributed by atoms with Crippen LogP contribution in [0.4, 0.5) is 8.78 Å². The zero-order valence-electron chi connectivity index (χ0n) is 16.4. The average molecular weight is 387 g/mol. The van der Waals surface area contributed by atoms with E-state index in [0.29, 0.717) is 12.1 Å². The second-order valence-corrected chi connectivity index (χ2v) is 7.36. The molecule has 1 amide bonds. The van der Waals surface area contributed by atoms with Gasteiger partial charge >= 0.3 is 0 Å². The summed E-state index contributed by atoms with van der Waals surface area (Å²) in [5.74, 6) is -0.504. The SMILES string of the molecule is C[C@@H](NC(=O)[C@H](C)N1CCN(Cc2ccccc2F)CC1)c1ccc(F)cc1. The molecule has 0 saturated carbocycles. The molecular weight excluding hydrogens is 360 g/mol. The number of rotatable bonds is 6. The molecule has 0 aliphatic carbocycles. The van der Waals surface area contributed by atoms with E-state index in [0.717, 1.165) is 31.7 Å².